The Morgan fingerprint density at radius 1 is 1.04 bits per heavy atom. The number of aromatic nitrogens is 5. The van der Waals surface area contributed by atoms with E-state index >= 15 is 0 Å². The molecule has 7 heteroatoms. The van der Waals surface area contributed by atoms with Gasteiger partial charge in [0, 0.05) is 36.9 Å². The average Bonchev–Trinajstić information content (AvgIpc) is 3.00. The number of para-hydroxylation sites is 1. The second-order valence-electron chi connectivity index (χ2n) is 7.18. The standard InChI is InChI=1S/C20H21N7/c1-13-10-18(16-6-4-5-7-17(16)21-13)25(3)15-11-26(12-15)20-9-8-19-23-22-14(2)27(19)24-20/h4-10,15H,11-12H2,1-3H3. The molecule has 27 heavy (non-hydrogen) atoms. The highest BCUT2D eigenvalue weighted by atomic mass is 15.4. The summed E-state index contributed by atoms with van der Waals surface area (Å²) in [5.41, 5.74) is 4.11. The molecule has 7 nitrogen and oxygen atoms in total. The molecule has 4 heterocycles. The minimum absolute atomic E-state index is 0.440. The molecule has 0 spiro atoms. The summed E-state index contributed by atoms with van der Waals surface area (Å²) in [6.45, 7) is 5.84. The lowest BCUT2D eigenvalue weighted by molar-refractivity contribution is 0.490. The third-order valence-corrected chi connectivity index (χ3v) is 5.34. The lowest BCUT2D eigenvalue weighted by Crippen LogP contribution is -2.59. The molecule has 5 rings (SSSR count). The van der Waals surface area contributed by atoms with Crippen molar-refractivity contribution in [1.82, 2.24) is 24.8 Å². The number of likely N-dealkylation sites (N-methyl/N-ethyl adjacent to an activating group) is 1. The van der Waals surface area contributed by atoms with Crippen molar-refractivity contribution in [3.05, 3.63) is 54.0 Å². The zero-order valence-corrected chi connectivity index (χ0v) is 15.7. The number of anilines is 2. The largest absolute Gasteiger partial charge is 0.367 e. The Hall–Kier alpha value is -3.22. The van der Waals surface area contributed by atoms with E-state index in [-0.39, 0.29) is 0 Å². The first-order valence-electron chi connectivity index (χ1n) is 9.13. The Kier molecular flexibility index (Phi) is 3.50. The maximum absolute atomic E-state index is 4.68. The molecular formula is C20H21N7. The first kappa shape index (κ1) is 16.0. The number of benzene rings is 1. The minimum Gasteiger partial charge on any atom is -0.367 e. The van der Waals surface area contributed by atoms with Gasteiger partial charge >= 0.3 is 0 Å². The molecule has 1 aliphatic rings. The number of nitrogens with zero attached hydrogens (tertiary/aromatic N) is 7. The van der Waals surface area contributed by atoms with Gasteiger partial charge in [-0.25, -0.2) is 0 Å². The van der Waals surface area contributed by atoms with E-state index in [1.807, 2.05) is 25.1 Å². The second-order valence-corrected chi connectivity index (χ2v) is 7.18. The quantitative estimate of drug-likeness (QED) is 0.560. The monoisotopic (exact) mass is 359 g/mol. The molecule has 0 radical (unpaired) electrons. The number of hydrogen-bond acceptors (Lipinski definition) is 6. The van der Waals surface area contributed by atoms with Crippen molar-refractivity contribution in [1.29, 1.82) is 0 Å². The van der Waals surface area contributed by atoms with Crippen LogP contribution in [0.25, 0.3) is 16.6 Å². The first-order chi connectivity index (χ1) is 13.1. The van der Waals surface area contributed by atoms with E-state index in [4.69, 9.17) is 0 Å². The maximum atomic E-state index is 4.68. The molecule has 0 unspecified atom stereocenters. The van der Waals surface area contributed by atoms with Gasteiger partial charge in [0.2, 0.25) is 0 Å². The van der Waals surface area contributed by atoms with Crippen LogP contribution < -0.4 is 9.80 Å². The molecule has 1 aliphatic heterocycles. The summed E-state index contributed by atoms with van der Waals surface area (Å²) in [6, 6.07) is 14.9. The van der Waals surface area contributed by atoms with E-state index in [9.17, 15) is 0 Å². The van der Waals surface area contributed by atoms with Gasteiger partial charge in [-0.15, -0.1) is 15.3 Å². The van der Waals surface area contributed by atoms with E-state index in [0.29, 0.717) is 6.04 Å². The molecule has 0 N–H and O–H groups in total. The normalized spacial score (nSPS) is 14.7. The van der Waals surface area contributed by atoms with Crippen molar-refractivity contribution in [3.8, 4) is 0 Å². The van der Waals surface area contributed by atoms with Gasteiger partial charge in [-0.05, 0) is 38.1 Å². The van der Waals surface area contributed by atoms with Crippen molar-refractivity contribution >= 4 is 28.1 Å². The molecule has 0 amide bonds. The molecule has 0 aliphatic carbocycles. The van der Waals surface area contributed by atoms with Gasteiger partial charge in [-0.3, -0.25) is 4.98 Å². The number of pyridine rings is 1. The number of aryl methyl sites for hydroxylation is 2. The van der Waals surface area contributed by atoms with Gasteiger partial charge in [-0.2, -0.15) is 4.52 Å². The fourth-order valence-electron chi connectivity index (χ4n) is 3.72. The van der Waals surface area contributed by atoms with Gasteiger partial charge in [-0.1, -0.05) is 18.2 Å². The summed E-state index contributed by atoms with van der Waals surface area (Å²) in [7, 11) is 2.17. The summed E-state index contributed by atoms with van der Waals surface area (Å²) >= 11 is 0. The summed E-state index contributed by atoms with van der Waals surface area (Å²) in [6.07, 6.45) is 0. The van der Waals surface area contributed by atoms with Gasteiger partial charge in [0.25, 0.3) is 0 Å². The topological polar surface area (TPSA) is 62.5 Å². The zero-order chi connectivity index (χ0) is 18.5. The Bertz CT molecular complexity index is 1140. The molecule has 0 atom stereocenters. The van der Waals surface area contributed by atoms with Gasteiger partial charge in [0.05, 0.1) is 11.6 Å². The van der Waals surface area contributed by atoms with Crippen LogP contribution in [-0.4, -0.2) is 51.0 Å². The van der Waals surface area contributed by atoms with Crippen molar-refractivity contribution in [2.24, 2.45) is 0 Å². The molecule has 1 fully saturated rings. The highest BCUT2D eigenvalue weighted by molar-refractivity contribution is 5.92. The molecule has 1 aromatic carbocycles. The van der Waals surface area contributed by atoms with Crippen molar-refractivity contribution in [2.45, 2.75) is 19.9 Å². The van der Waals surface area contributed by atoms with Crippen LogP contribution in [0.3, 0.4) is 0 Å². The number of rotatable bonds is 3. The third-order valence-electron chi connectivity index (χ3n) is 5.34. The van der Waals surface area contributed by atoms with E-state index in [1.54, 1.807) is 4.52 Å². The SMILES string of the molecule is Cc1cc(N(C)C2CN(c3ccc4nnc(C)n4n3)C2)c2ccccc2n1. The van der Waals surface area contributed by atoms with Crippen LogP contribution in [0.5, 0.6) is 0 Å². The Balaban J connectivity index is 1.39. The van der Waals surface area contributed by atoms with Crippen LogP contribution >= 0.6 is 0 Å². The van der Waals surface area contributed by atoms with Gasteiger partial charge < -0.3 is 9.80 Å². The second kappa shape index (κ2) is 5.90. The zero-order valence-electron chi connectivity index (χ0n) is 15.7. The van der Waals surface area contributed by atoms with E-state index < -0.39 is 0 Å². The highest BCUT2D eigenvalue weighted by Crippen LogP contribution is 2.30. The predicted octanol–water partition coefficient (Wildman–Crippen LogP) is 2.61. The summed E-state index contributed by atoms with van der Waals surface area (Å²) < 4.78 is 1.80. The number of hydrogen-bond donors (Lipinski definition) is 0. The average molecular weight is 359 g/mol. The highest BCUT2D eigenvalue weighted by Gasteiger charge is 2.32. The molecule has 0 bridgehead atoms. The fourth-order valence-corrected chi connectivity index (χ4v) is 3.72. The van der Waals surface area contributed by atoms with Crippen LogP contribution in [0.1, 0.15) is 11.5 Å². The van der Waals surface area contributed by atoms with Crippen molar-refractivity contribution in [2.75, 3.05) is 29.9 Å². The smallest absolute Gasteiger partial charge is 0.178 e. The van der Waals surface area contributed by atoms with Crippen LogP contribution in [0.4, 0.5) is 11.5 Å². The molecule has 1 saturated heterocycles. The lowest BCUT2D eigenvalue weighted by Gasteiger charge is -2.45. The first-order valence-corrected chi connectivity index (χ1v) is 9.13. The fraction of sp³-hybridized carbons (Fsp3) is 0.300. The molecule has 136 valence electrons. The molecular weight excluding hydrogens is 338 g/mol. The van der Waals surface area contributed by atoms with E-state index in [0.717, 1.165) is 41.6 Å². The summed E-state index contributed by atoms with van der Waals surface area (Å²) in [5.74, 6) is 1.77. The van der Waals surface area contributed by atoms with Crippen LogP contribution in [-0.2, 0) is 0 Å². The Morgan fingerprint density at radius 3 is 2.70 bits per heavy atom. The summed E-state index contributed by atoms with van der Waals surface area (Å²) in [4.78, 5) is 9.31. The lowest BCUT2D eigenvalue weighted by atomic mass is 10.0. The molecule has 3 aromatic heterocycles. The predicted molar refractivity (Wildman–Crippen MR) is 106 cm³/mol. The molecule has 4 aromatic rings. The van der Waals surface area contributed by atoms with Crippen LogP contribution in [0, 0.1) is 13.8 Å². The minimum atomic E-state index is 0.440. The van der Waals surface area contributed by atoms with Crippen molar-refractivity contribution < 1.29 is 0 Å². The molecule has 0 saturated carbocycles. The Morgan fingerprint density at radius 2 is 1.85 bits per heavy atom. The van der Waals surface area contributed by atoms with Crippen LogP contribution in [0.2, 0.25) is 0 Å². The number of fused-ring (bicyclic) bond motifs is 2. The van der Waals surface area contributed by atoms with Gasteiger partial charge in [0.15, 0.2) is 11.5 Å². The van der Waals surface area contributed by atoms with E-state index in [2.05, 4.69) is 68.3 Å². The van der Waals surface area contributed by atoms with Crippen LogP contribution in [0.15, 0.2) is 42.5 Å². The van der Waals surface area contributed by atoms with Crippen molar-refractivity contribution in [3.63, 3.8) is 0 Å². The van der Waals surface area contributed by atoms with E-state index in [1.165, 1.54) is 11.1 Å². The van der Waals surface area contributed by atoms with Gasteiger partial charge in [0.1, 0.15) is 5.82 Å². The summed E-state index contributed by atoms with van der Waals surface area (Å²) in [5, 5.41) is 14.1. The third kappa shape index (κ3) is 2.58. The Labute approximate surface area is 157 Å². The maximum Gasteiger partial charge on any atom is 0.178 e.